The molecule has 0 aromatic carbocycles. The Labute approximate surface area is 122 Å². The quantitative estimate of drug-likeness (QED) is 0.212. The van der Waals surface area contributed by atoms with Gasteiger partial charge in [0.2, 0.25) is 0 Å². The molecule has 0 aromatic rings. The van der Waals surface area contributed by atoms with Crippen LogP contribution in [0.25, 0.3) is 0 Å². The molecule has 0 aliphatic carbocycles. The van der Waals surface area contributed by atoms with E-state index in [1.807, 2.05) is 0 Å². The first-order valence-corrected chi connectivity index (χ1v) is 5.48. The molecule has 0 saturated heterocycles. The van der Waals surface area contributed by atoms with E-state index in [1.165, 1.54) is 0 Å². The first-order chi connectivity index (χ1) is 9.84. The summed E-state index contributed by atoms with van der Waals surface area (Å²) in [4.78, 5) is 40.0. The van der Waals surface area contributed by atoms with Gasteiger partial charge in [-0.2, -0.15) is 0 Å². The van der Waals surface area contributed by atoms with Crippen molar-refractivity contribution in [2.24, 2.45) is 5.92 Å². The number of aliphatic hydroxyl groups is 4. The van der Waals surface area contributed by atoms with Gasteiger partial charge in [0.25, 0.3) is 0 Å². The molecule has 8 N–H and O–H groups in total. The minimum Gasteiger partial charge on any atom is -0.481 e. The van der Waals surface area contributed by atoms with Gasteiger partial charge in [-0.05, 0) is 6.92 Å². The van der Waals surface area contributed by atoms with Crippen molar-refractivity contribution >= 4 is 23.9 Å². The van der Waals surface area contributed by atoms with E-state index in [9.17, 15) is 19.2 Å². The maximum atomic E-state index is 10.2. The minimum absolute atomic E-state index is 1.11. The highest BCUT2D eigenvalue weighted by Crippen LogP contribution is 2.08. The lowest BCUT2D eigenvalue weighted by Gasteiger charge is -2.17. The molecule has 4 atom stereocenters. The minimum atomic E-state index is -2.27. The second-order valence-corrected chi connectivity index (χ2v) is 3.95. The Hall–Kier alpha value is -2.28. The predicted molar refractivity (Wildman–Crippen MR) is 63.7 cm³/mol. The number of hydrogen-bond acceptors (Lipinski definition) is 8. The first-order valence-electron chi connectivity index (χ1n) is 5.48. The zero-order chi connectivity index (χ0) is 18.2. The van der Waals surface area contributed by atoms with Gasteiger partial charge in [0.1, 0.15) is 6.10 Å². The largest absolute Gasteiger partial charge is 0.481 e. The Balaban J connectivity index is 0. The van der Waals surface area contributed by atoms with Crippen LogP contribution in [0.1, 0.15) is 6.92 Å². The molecule has 0 amide bonds. The van der Waals surface area contributed by atoms with E-state index >= 15 is 0 Å². The second kappa shape index (κ2) is 9.62. The zero-order valence-corrected chi connectivity index (χ0v) is 11.1. The standard InChI is InChI=1S/C6H10O6.C4H6O6/c1-2(7)4(8)3(5(9)10)6(11)12;5-1(3(7)8)2(6)4(9)10/h2-4,7-8H,1H3,(H,9,10)(H,11,12);1-2,5-6H,(H,7,8)(H,9,10)/t2-,4+;1-,2-/m11/s1. The molecule has 0 bridgehead atoms. The highest BCUT2D eigenvalue weighted by Gasteiger charge is 2.36. The number of aliphatic carboxylic acids is 4. The topological polar surface area (TPSA) is 230 Å². The monoisotopic (exact) mass is 328 g/mol. The van der Waals surface area contributed by atoms with Crippen LogP contribution in [0.4, 0.5) is 0 Å². The van der Waals surface area contributed by atoms with Crippen molar-refractivity contribution in [3.8, 4) is 0 Å². The lowest BCUT2D eigenvalue weighted by atomic mass is 9.99. The summed E-state index contributed by atoms with van der Waals surface area (Å²) >= 11 is 0. The van der Waals surface area contributed by atoms with Crippen LogP contribution in [-0.4, -0.2) is 89.1 Å². The van der Waals surface area contributed by atoms with E-state index in [0.29, 0.717) is 0 Å². The summed E-state index contributed by atoms with van der Waals surface area (Å²) in [6, 6.07) is 0. The van der Waals surface area contributed by atoms with Gasteiger partial charge in [0, 0.05) is 0 Å². The molecule has 0 rings (SSSR count). The molecule has 12 heteroatoms. The summed E-state index contributed by atoms with van der Waals surface area (Å²) in [5.74, 6) is -8.86. The van der Waals surface area contributed by atoms with Crippen molar-refractivity contribution in [3.63, 3.8) is 0 Å². The summed E-state index contributed by atoms with van der Waals surface area (Å²) in [7, 11) is 0. The third-order valence-corrected chi connectivity index (χ3v) is 2.17. The number of carboxylic acid groups (broad SMARTS) is 4. The Kier molecular flexibility index (Phi) is 9.62. The molecule has 22 heavy (non-hydrogen) atoms. The molecule has 0 heterocycles. The highest BCUT2D eigenvalue weighted by molar-refractivity contribution is 5.93. The van der Waals surface area contributed by atoms with Crippen molar-refractivity contribution in [2.45, 2.75) is 31.3 Å². The summed E-state index contributed by atoms with van der Waals surface area (Å²) in [6.45, 7) is 1.11. The number of aliphatic hydroxyl groups excluding tert-OH is 4. The summed E-state index contributed by atoms with van der Waals surface area (Å²) < 4.78 is 0. The number of hydrogen-bond donors (Lipinski definition) is 8. The van der Waals surface area contributed by atoms with Gasteiger partial charge in [-0.25, -0.2) is 9.59 Å². The predicted octanol–water partition coefficient (Wildman–Crippen LogP) is -3.61. The van der Waals surface area contributed by atoms with Crippen molar-refractivity contribution in [3.05, 3.63) is 0 Å². The molecule has 0 radical (unpaired) electrons. The van der Waals surface area contributed by atoms with E-state index in [2.05, 4.69) is 0 Å². The van der Waals surface area contributed by atoms with Crippen LogP contribution in [0, 0.1) is 5.92 Å². The van der Waals surface area contributed by atoms with Crippen LogP contribution in [0.3, 0.4) is 0 Å². The van der Waals surface area contributed by atoms with E-state index < -0.39 is 54.2 Å². The molecule has 0 aliphatic heterocycles. The maximum Gasteiger partial charge on any atom is 0.335 e. The molecule has 0 aliphatic rings. The summed E-state index contributed by atoms with van der Waals surface area (Å²) in [6.07, 6.45) is -7.71. The van der Waals surface area contributed by atoms with E-state index in [1.54, 1.807) is 0 Å². The van der Waals surface area contributed by atoms with Crippen LogP contribution in [0.5, 0.6) is 0 Å². The Morgan fingerprint density at radius 1 is 0.636 bits per heavy atom. The molecule has 0 spiro atoms. The zero-order valence-electron chi connectivity index (χ0n) is 11.1. The van der Waals surface area contributed by atoms with Crippen LogP contribution < -0.4 is 0 Å². The molecule has 0 aromatic heterocycles. The molecule has 12 nitrogen and oxygen atoms in total. The van der Waals surface area contributed by atoms with Crippen LogP contribution >= 0.6 is 0 Å². The lowest BCUT2D eigenvalue weighted by Crippen LogP contribution is -2.41. The fourth-order valence-electron chi connectivity index (χ4n) is 0.946. The molecule has 128 valence electrons. The normalized spacial score (nSPS) is 15.7. The third-order valence-electron chi connectivity index (χ3n) is 2.17. The first kappa shape index (κ1) is 22.0. The van der Waals surface area contributed by atoms with Gasteiger partial charge in [0.15, 0.2) is 18.1 Å². The maximum absolute atomic E-state index is 10.2. The van der Waals surface area contributed by atoms with Gasteiger partial charge < -0.3 is 40.9 Å². The lowest BCUT2D eigenvalue weighted by molar-refractivity contribution is -0.165. The van der Waals surface area contributed by atoms with Gasteiger partial charge in [0.05, 0.1) is 6.10 Å². The van der Waals surface area contributed by atoms with Crippen LogP contribution in [0.2, 0.25) is 0 Å². The van der Waals surface area contributed by atoms with E-state index in [0.717, 1.165) is 6.92 Å². The van der Waals surface area contributed by atoms with Crippen molar-refractivity contribution in [2.75, 3.05) is 0 Å². The molecule has 0 fully saturated rings. The Bertz CT molecular complexity index is 384. The fourth-order valence-corrected chi connectivity index (χ4v) is 0.946. The average molecular weight is 328 g/mol. The molecule has 0 unspecified atom stereocenters. The van der Waals surface area contributed by atoms with Crippen molar-refractivity contribution in [1.82, 2.24) is 0 Å². The average Bonchev–Trinajstić information content (AvgIpc) is 2.36. The van der Waals surface area contributed by atoms with Gasteiger partial charge >= 0.3 is 23.9 Å². The second-order valence-electron chi connectivity index (χ2n) is 3.95. The van der Waals surface area contributed by atoms with E-state index in [4.69, 9.17) is 40.9 Å². The number of carbonyl (C=O) groups is 4. The Morgan fingerprint density at radius 3 is 1.00 bits per heavy atom. The van der Waals surface area contributed by atoms with E-state index in [-0.39, 0.29) is 0 Å². The molecular formula is C10H16O12. The highest BCUT2D eigenvalue weighted by atomic mass is 16.4. The van der Waals surface area contributed by atoms with Crippen LogP contribution in [0.15, 0.2) is 0 Å². The number of carboxylic acids is 4. The van der Waals surface area contributed by atoms with Gasteiger partial charge in [-0.3, -0.25) is 9.59 Å². The smallest absolute Gasteiger partial charge is 0.335 e. The van der Waals surface area contributed by atoms with Crippen molar-refractivity contribution in [1.29, 1.82) is 0 Å². The number of rotatable bonds is 7. The van der Waals surface area contributed by atoms with Gasteiger partial charge in [-0.15, -0.1) is 0 Å². The summed E-state index contributed by atoms with van der Waals surface area (Å²) in [5.41, 5.74) is 0. The third kappa shape index (κ3) is 7.49. The fraction of sp³-hybridized carbons (Fsp3) is 0.600. The molecular weight excluding hydrogens is 312 g/mol. The molecule has 0 saturated carbocycles. The SMILES string of the molecule is C[C@@H](O)[C@H](O)C(C(=O)O)C(=O)O.O=C(O)[C@H](O)[C@@H](O)C(=O)O. The summed E-state index contributed by atoms with van der Waals surface area (Å²) in [5, 5.41) is 66.8. The van der Waals surface area contributed by atoms with Gasteiger partial charge in [-0.1, -0.05) is 0 Å². The Morgan fingerprint density at radius 2 is 0.909 bits per heavy atom. The van der Waals surface area contributed by atoms with Crippen LogP contribution in [-0.2, 0) is 19.2 Å². The van der Waals surface area contributed by atoms with Crippen molar-refractivity contribution < 1.29 is 60.0 Å².